The number of piperidine rings is 1. The highest BCUT2D eigenvalue weighted by molar-refractivity contribution is 5.93. The smallest absolute Gasteiger partial charge is 0.321 e. The zero-order valence-electron chi connectivity index (χ0n) is 18.0. The lowest BCUT2D eigenvalue weighted by atomic mass is 9.95. The second kappa shape index (κ2) is 11.0. The van der Waals surface area contributed by atoms with Gasteiger partial charge in [0.1, 0.15) is 0 Å². The maximum Gasteiger partial charge on any atom is 0.321 e. The van der Waals surface area contributed by atoms with Crippen molar-refractivity contribution in [1.29, 1.82) is 0 Å². The molecule has 164 valence electrons. The van der Waals surface area contributed by atoms with Gasteiger partial charge in [0.15, 0.2) is 0 Å². The fourth-order valence-electron chi connectivity index (χ4n) is 4.12. The fourth-order valence-corrected chi connectivity index (χ4v) is 4.12. The molecule has 1 aromatic carbocycles. The number of nitrogens with one attached hydrogen (secondary N) is 2. The molecule has 7 heteroatoms. The minimum atomic E-state index is -0.0712. The second-order valence-electron chi connectivity index (χ2n) is 8.30. The van der Waals surface area contributed by atoms with Gasteiger partial charge in [0.2, 0.25) is 11.8 Å². The van der Waals surface area contributed by atoms with Crippen molar-refractivity contribution in [1.82, 2.24) is 9.80 Å². The van der Waals surface area contributed by atoms with Crippen LogP contribution in [-0.4, -0.2) is 53.8 Å². The van der Waals surface area contributed by atoms with E-state index in [1.165, 1.54) is 12.8 Å². The van der Waals surface area contributed by atoms with Crippen molar-refractivity contribution in [3.63, 3.8) is 0 Å². The van der Waals surface area contributed by atoms with Crippen molar-refractivity contribution in [2.75, 3.05) is 36.8 Å². The van der Waals surface area contributed by atoms with Gasteiger partial charge in [0.25, 0.3) is 0 Å². The molecule has 0 radical (unpaired) electrons. The summed E-state index contributed by atoms with van der Waals surface area (Å²) < 4.78 is 0. The normalized spacial score (nSPS) is 17.9. The summed E-state index contributed by atoms with van der Waals surface area (Å²) in [5, 5.41) is 5.91. The molecular formula is C23H34N4O3. The number of nitrogens with zero attached hydrogens (tertiary/aromatic N) is 2. The van der Waals surface area contributed by atoms with E-state index in [1.54, 1.807) is 0 Å². The Morgan fingerprint density at radius 2 is 1.40 bits per heavy atom. The lowest BCUT2D eigenvalue weighted by Gasteiger charge is -2.31. The van der Waals surface area contributed by atoms with Crippen LogP contribution in [0.1, 0.15) is 58.3 Å². The Morgan fingerprint density at radius 1 is 0.833 bits per heavy atom. The van der Waals surface area contributed by atoms with Crippen LogP contribution in [0.25, 0.3) is 0 Å². The topological polar surface area (TPSA) is 81.8 Å². The van der Waals surface area contributed by atoms with E-state index >= 15 is 0 Å². The van der Waals surface area contributed by atoms with Gasteiger partial charge < -0.3 is 20.4 Å². The van der Waals surface area contributed by atoms with E-state index in [4.69, 9.17) is 0 Å². The van der Waals surface area contributed by atoms with Crippen LogP contribution in [0.2, 0.25) is 0 Å². The summed E-state index contributed by atoms with van der Waals surface area (Å²) >= 11 is 0. The first-order valence-corrected chi connectivity index (χ1v) is 11.3. The molecule has 2 saturated heterocycles. The molecule has 30 heavy (non-hydrogen) atoms. The number of rotatable bonds is 5. The third kappa shape index (κ3) is 6.21. The molecule has 3 rings (SSSR count). The average molecular weight is 415 g/mol. The van der Waals surface area contributed by atoms with Crippen LogP contribution in [0.3, 0.4) is 0 Å². The Kier molecular flexibility index (Phi) is 8.11. The molecule has 2 N–H and O–H groups in total. The molecule has 0 unspecified atom stereocenters. The van der Waals surface area contributed by atoms with Crippen molar-refractivity contribution in [3.05, 3.63) is 24.3 Å². The lowest BCUT2D eigenvalue weighted by molar-refractivity contribution is -0.134. The molecule has 0 spiro atoms. The largest absolute Gasteiger partial charge is 0.343 e. The average Bonchev–Trinajstić information content (AvgIpc) is 3.05. The second-order valence-corrected chi connectivity index (χ2v) is 8.30. The van der Waals surface area contributed by atoms with E-state index in [-0.39, 0.29) is 23.8 Å². The highest BCUT2D eigenvalue weighted by atomic mass is 16.2. The summed E-state index contributed by atoms with van der Waals surface area (Å²) in [4.78, 5) is 40.7. The maximum atomic E-state index is 12.6. The van der Waals surface area contributed by atoms with Crippen LogP contribution in [0, 0.1) is 5.92 Å². The number of carbonyl (C=O) groups excluding carboxylic acids is 3. The standard InChI is InChI=1S/C23H34N4O3/c1-2-7-21(28)26-16-12-18(13-17-26)22(29)24-19-8-10-20(11-9-19)25-23(30)27-14-5-3-4-6-15-27/h8-11,18H,2-7,12-17H2,1H3,(H,24,29)(H,25,30). The molecule has 2 fully saturated rings. The minimum Gasteiger partial charge on any atom is -0.343 e. The third-order valence-corrected chi connectivity index (χ3v) is 5.98. The number of urea groups is 1. The molecule has 7 nitrogen and oxygen atoms in total. The summed E-state index contributed by atoms with van der Waals surface area (Å²) in [5.41, 5.74) is 1.45. The Balaban J connectivity index is 1.45. The predicted octanol–water partition coefficient (Wildman–Crippen LogP) is 4.07. The van der Waals surface area contributed by atoms with Crippen LogP contribution in [0.15, 0.2) is 24.3 Å². The maximum absolute atomic E-state index is 12.6. The predicted molar refractivity (Wildman–Crippen MR) is 118 cm³/mol. The Morgan fingerprint density at radius 3 is 1.97 bits per heavy atom. The molecular weight excluding hydrogens is 380 g/mol. The quantitative estimate of drug-likeness (QED) is 0.762. The van der Waals surface area contributed by atoms with Gasteiger partial charge in [0, 0.05) is 49.9 Å². The molecule has 1 aromatic rings. The van der Waals surface area contributed by atoms with E-state index in [0.717, 1.165) is 43.7 Å². The zero-order valence-corrected chi connectivity index (χ0v) is 18.0. The van der Waals surface area contributed by atoms with Gasteiger partial charge in [0.05, 0.1) is 0 Å². The molecule has 0 atom stereocenters. The fraction of sp³-hybridized carbons (Fsp3) is 0.609. The van der Waals surface area contributed by atoms with E-state index < -0.39 is 0 Å². The van der Waals surface area contributed by atoms with Crippen LogP contribution < -0.4 is 10.6 Å². The summed E-state index contributed by atoms with van der Waals surface area (Å²) in [6, 6.07) is 7.21. The first kappa shape index (κ1) is 22.1. The molecule has 0 bridgehead atoms. The van der Waals surface area contributed by atoms with Crippen molar-refractivity contribution in [3.8, 4) is 0 Å². The Bertz CT molecular complexity index is 718. The summed E-state index contributed by atoms with van der Waals surface area (Å²) in [5.74, 6) is 0.117. The van der Waals surface area contributed by atoms with Crippen molar-refractivity contribution in [2.45, 2.75) is 58.3 Å². The van der Waals surface area contributed by atoms with Gasteiger partial charge >= 0.3 is 6.03 Å². The number of amides is 4. The Hall–Kier alpha value is -2.57. The SMILES string of the molecule is CCCC(=O)N1CCC(C(=O)Nc2ccc(NC(=O)N3CCCCCC3)cc2)CC1. The van der Waals surface area contributed by atoms with Gasteiger partial charge in [-0.3, -0.25) is 9.59 Å². The van der Waals surface area contributed by atoms with Gasteiger partial charge in [-0.2, -0.15) is 0 Å². The number of likely N-dealkylation sites (tertiary alicyclic amines) is 2. The summed E-state index contributed by atoms with van der Waals surface area (Å²) in [6.07, 6.45) is 7.33. The highest BCUT2D eigenvalue weighted by Gasteiger charge is 2.27. The molecule has 4 amide bonds. The van der Waals surface area contributed by atoms with Gasteiger partial charge in [-0.05, 0) is 56.4 Å². The molecule has 0 saturated carbocycles. The highest BCUT2D eigenvalue weighted by Crippen LogP contribution is 2.21. The van der Waals surface area contributed by atoms with E-state index in [9.17, 15) is 14.4 Å². The first-order valence-electron chi connectivity index (χ1n) is 11.3. The van der Waals surface area contributed by atoms with E-state index in [2.05, 4.69) is 10.6 Å². The number of hydrogen-bond acceptors (Lipinski definition) is 3. The van der Waals surface area contributed by atoms with Crippen LogP contribution in [0.4, 0.5) is 16.2 Å². The molecule has 0 aromatic heterocycles. The van der Waals surface area contributed by atoms with Gasteiger partial charge in [-0.1, -0.05) is 19.8 Å². The van der Waals surface area contributed by atoms with Crippen molar-refractivity contribution >= 4 is 29.2 Å². The van der Waals surface area contributed by atoms with Gasteiger partial charge in [-0.25, -0.2) is 4.79 Å². The number of anilines is 2. The molecule has 0 aliphatic carbocycles. The zero-order chi connectivity index (χ0) is 21.3. The van der Waals surface area contributed by atoms with Crippen LogP contribution >= 0.6 is 0 Å². The summed E-state index contributed by atoms with van der Waals surface area (Å²) in [7, 11) is 0. The lowest BCUT2D eigenvalue weighted by Crippen LogP contribution is -2.41. The monoisotopic (exact) mass is 414 g/mol. The van der Waals surface area contributed by atoms with Crippen LogP contribution in [0.5, 0.6) is 0 Å². The Labute approximate surface area is 179 Å². The molecule has 2 aliphatic rings. The summed E-state index contributed by atoms with van der Waals surface area (Å²) in [6.45, 7) is 4.92. The van der Waals surface area contributed by atoms with Gasteiger partial charge in [-0.15, -0.1) is 0 Å². The van der Waals surface area contributed by atoms with Crippen molar-refractivity contribution < 1.29 is 14.4 Å². The van der Waals surface area contributed by atoms with E-state index in [0.29, 0.717) is 32.4 Å². The minimum absolute atomic E-state index is 0.000979. The first-order chi connectivity index (χ1) is 14.6. The molecule has 2 heterocycles. The van der Waals surface area contributed by atoms with Crippen molar-refractivity contribution in [2.24, 2.45) is 5.92 Å². The third-order valence-electron chi connectivity index (χ3n) is 5.98. The van der Waals surface area contributed by atoms with E-state index in [1.807, 2.05) is 41.0 Å². The number of carbonyl (C=O) groups is 3. The number of benzene rings is 1. The number of hydrogen-bond donors (Lipinski definition) is 2. The molecule has 2 aliphatic heterocycles. The van der Waals surface area contributed by atoms with Crippen LogP contribution in [-0.2, 0) is 9.59 Å².